The maximum absolute atomic E-state index is 12.2. The second-order valence-corrected chi connectivity index (χ2v) is 6.42. The smallest absolute Gasteiger partial charge is 0.408 e. The third-order valence-corrected chi connectivity index (χ3v) is 3.39. The van der Waals surface area contributed by atoms with Gasteiger partial charge >= 0.3 is 18.0 Å². The van der Waals surface area contributed by atoms with E-state index in [1.54, 1.807) is 45.0 Å². The molecule has 0 bridgehead atoms. The molecule has 1 amide bonds. The van der Waals surface area contributed by atoms with E-state index in [0.717, 1.165) is 14.2 Å². The summed E-state index contributed by atoms with van der Waals surface area (Å²) in [5.74, 6) is -2.49. The molecular formula is C18H25NO7. The van der Waals surface area contributed by atoms with Crippen molar-refractivity contribution in [2.75, 3.05) is 21.3 Å². The van der Waals surface area contributed by atoms with Gasteiger partial charge in [-0.1, -0.05) is 12.1 Å². The molecule has 1 N–H and O–H groups in total. The van der Waals surface area contributed by atoms with E-state index >= 15 is 0 Å². The van der Waals surface area contributed by atoms with Gasteiger partial charge in [0, 0.05) is 0 Å². The highest BCUT2D eigenvalue weighted by atomic mass is 16.6. The Labute approximate surface area is 152 Å². The molecule has 144 valence electrons. The average molecular weight is 367 g/mol. The van der Waals surface area contributed by atoms with Crippen molar-refractivity contribution in [1.29, 1.82) is 0 Å². The molecular weight excluding hydrogens is 342 g/mol. The molecule has 0 fully saturated rings. The van der Waals surface area contributed by atoms with Gasteiger partial charge in [-0.15, -0.1) is 0 Å². The van der Waals surface area contributed by atoms with Gasteiger partial charge in [0.2, 0.25) is 0 Å². The van der Waals surface area contributed by atoms with Gasteiger partial charge in [-0.2, -0.15) is 0 Å². The Morgan fingerprint density at radius 3 is 1.81 bits per heavy atom. The molecule has 0 aliphatic heterocycles. The Morgan fingerprint density at radius 2 is 1.42 bits per heavy atom. The monoisotopic (exact) mass is 367 g/mol. The predicted molar refractivity (Wildman–Crippen MR) is 92.6 cm³/mol. The lowest BCUT2D eigenvalue weighted by Crippen LogP contribution is -2.43. The van der Waals surface area contributed by atoms with Crippen LogP contribution < -0.4 is 10.1 Å². The minimum absolute atomic E-state index is 0.484. The summed E-state index contributed by atoms with van der Waals surface area (Å²) < 4.78 is 19.7. The summed E-state index contributed by atoms with van der Waals surface area (Å²) in [6.07, 6.45) is -0.781. The van der Waals surface area contributed by atoms with E-state index < -0.39 is 35.6 Å². The van der Waals surface area contributed by atoms with Gasteiger partial charge in [-0.25, -0.2) is 4.79 Å². The number of nitrogens with one attached hydrogen (secondary N) is 1. The van der Waals surface area contributed by atoms with Crippen molar-refractivity contribution in [3.63, 3.8) is 0 Å². The fourth-order valence-electron chi connectivity index (χ4n) is 2.23. The highest BCUT2D eigenvalue weighted by Gasteiger charge is 2.39. The van der Waals surface area contributed by atoms with Gasteiger partial charge in [-0.05, 0) is 38.5 Å². The fraction of sp³-hybridized carbons (Fsp3) is 0.500. The summed E-state index contributed by atoms with van der Waals surface area (Å²) in [4.78, 5) is 36.6. The number of methoxy groups -OCH3 is 3. The molecule has 1 atom stereocenters. The molecule has 0 aliphatic rings. The highest BCUT2D eigenvalue weighted by Crippen LogP contribution is 2.27. The number of amides is 1. The quantitative estimate of drug-likeness (QED) is 0.467. The summed E-state index contributed by atoms with van der Waals surface area (Å²) >= 11 is 0. The lowest BCUT2D eigenvalue weighted by atomic mass is 9.93. The van der Waals surface area contributed by atoms with Crippen molar-refractivity contribution in [3.05, 3.63) is 29.8 Å². The van der Waals surface area contributed by atoms with Crippen molar-refractivity contribution in [2.45, 2.75) is 32.4 Å². The zero-order chi connectivity index (χ0) is 19.9. The summed E-state index contributed by atoms with van der Waals surface area (Å²) in [5.41, 5.74) is -0.266. The standard InChI is InChI=1S/C18H25NO7/c1-18(2,3)26-17(22)19-14(11-7-9-12(23-4)10-8-11)13(15(20)24-5)16(21)25-6/h7-10,13-14H,1-6H3,(H,19,22)/t14-/m0/s1. The molecule has 8 nitrogen and oxygen atoms in total. The van der Waals surface area contributed by atoms with Gasteiger partial charge in [0.1, 0.15) is 11.4 Å². The summed E-state index contributed by atoms with van der Waals surface area (Å²) in [5, 5.41) is 2.55. The van der Waals surface area contributed by atoms with Crippen LogP contribution in [0.4, 0.5) is 4.79 Å². The van der Waals surface area contributed by atoms with Crippen molar-refractivity contribution in [1.82, 2.24) is 5.32 Å². The second-order valence-electron chi connectivity index (χ2n) is 6.42. The van der Waals surface area contributed by atoms with Crippen LogP contribution in [0.25, 0.3) is 0 Å². The van der Waals surface area contributed by atoms with Gasteiger partial charge in [-0.3, -0.25) is 9.59 Å². The zero-order valence-electron chi connectivity index (χ0n) is 15.8. The molecule has 0 spiro atoms. The van der Waals surface area contributed by atoms with E-state index in [2.05, 4.69) is 5.32 Å². The fourth-order valence-corrected chi connectivity index (χ4v) is 2.23. The molecule has 0 saturated heterocycles. The first kappa shape index (κ1) is 21.3. The Balaban J connectivity index is 3.27. The van der Waals surface area contributed by atoms with E-state index in [-0.39, 0.29) is 0 Å². The Kier molecular flexibility index (Phi) is 7.42. The van der Waals surface area contributed by atoms with Crippen LogP contribution in [0.5, 0.6) is 5.75 Å². The van der Waals surface area contributed by atoms with Crippen LogP contribution in [0.2, 0.25) is 0 Å². The molecule has 0 unspecified atom stereocenters. The van der Waals surface area contributed by atoms with E-state index in [1.165, 1.54) is 7.11 Å². The van der Waals surface area contributed by atoms with Crippen molar-refractivity contribution < 1.29 is 33.3 Å². The lowest BCUT2D eigenvalue weighted by Gasteiger charge is -2.27. The molecule has 0 aromatic heterocycles. The van der Waals surface area contributed by atoms with Gasteiger partial charge in [0.25, 0.3) is 0 Å². The first-order valence-corrected chi connectivity index (χ1v) is 7.92. The van der Waals surface area contributed by atoms with E-state index in [1.807, 2.05) is 0 Å². The Hall–Kier alpha value is -2.77. The van der Waals surface area contributed by atoms with E-state index in [0.29, 0.717) is 11.3 Å². The molecule has 8 heteroatoms. The highest BCUT2D eigenvalue weighted by molar-refractivity contribution is 5.96. The molecule has 0 aliphatic carbocycles. The lowest BCUT2D eigenvalue weighted by molar-refractivity contribution is -0.160. The Morgan fingerprint density at radius 1 is 0.923 bits per heavy atom. The largest absolute Gasteiger partial charge is 0.497 e. The predicted octanol–water partition coefficient (Wildman–Crippen LogP) is 2.22. The van der Waals surface area contributed by atoms with Crippen LogP contribution >= 0.6 is 0 Å². The molecule has 1 aromatic rings. The van der Waals surface area contributed by atoms with E-state index in [4.69, 9.17) is 18.9 Å². The summed E-state index contributed by atoms with van der Waals surface area (Å²) in [6, 6.07) is 5.49. The number of rotatable bonds is 6. The molecule has 1 rings (SSSR count). The molecule has 0 heterocycles. The summed E-state index contributed by atoms with van der Waals surface area (Å²) in [7, 11) is 3.81. The topological polar surface area (TPSA) is 100 Å². The van der Waals surface area contributed by atoms with Crippen LogP contribution in [0, 0.1) is 5.92 Å². The minimum Gasteiger partial charge on any atom is -0.497 e. The van der Waals surface area contributed by atoms with Crippen molar-refractivity contribution in [2.24, 2.45) is 5.92 Å². The van der Waals surface area contributed by atoms with Crippen LogP contribution in [0.3, 0.4) is 0 Å². The van der Waals surface area contributed by atoms with Crippen LogP contribution in [0.15, 0.2) is 24.3 Å². The molecule has 1 aromatic carbocycles. The zero-order valence-corrected chi connectivity index (χ0v) is 15.8. The number of benzene rings is 1. The van der Waals surface area contributed by atoms with Crippen LogP contribution in [-0.2, 0) is 23.8 Å². The number of esters is 2. The van der Waals surface area contributed by atoms with Gasteiger partial charge in [0.05, 0.1) is 27.4 Å². The number of ether oxygens (including phenoxy) is 4. The normalized spacial score (nSPS) is 12.1. The number of hydrogen-bond acceptors (Lipinski definition) is 7. The second kappa shape index (κ2) is 9.07. The molecule has 26 heavy (non-hydrogen) atoms. The number of carbonyl (C=O) groups excluding carboxylic acids is 3. The van der Waals surface area contributed by atoms with Gasteiger partial charge < -0.3 is 24.3 Å². The number of carbonyl (C=O) groups is 3. The first-order chi connectivity index (χ1) is 12.1. The average Bonchev–Trinajstić information content (AvgIpc) is 2.59. The summed E-state index contributed by atoms with van der Waals surface area (Å²) in [6.45, 7) is 5.10. The van der Waals surface area contributed by atoms with Crippen molar-refractivity contribution in [3.8, 4) is 5.75 Å². The first-order valence-electron chi connectivity index (χ1n) is 7.92. The number of hydrogen-bond donors (Lipinski definition) is 1. The minimum atomic E-state index is -1.40. The number of alkyl carbamates (subject to hydrolysis) is 1. The van der Waals surface area contributed by atoms with Crippen LogP contribution in [-0.4, -0.2) is 45.0 Å². The maximum Gasteiger partial charge on any atom is 0.408 e. The van der Waals surface area contributed by atoms with Crippen LogP contribution in [0.1, 0.15) is 32.4 Å². The third kappa shape index (κ3) is 5.94. The molecule has 0 radical (unpaired) electrons. The maximum atomic E-state index is 12.2. The van der Waals surface area contributed by atoms with Gasteiger partial charge in [0.15, 0.2) is 5.92 Å². The van der Waals surface area contributed by atoms with Crippen molar-refractivity contribution >= 4 is 18.0 Å². The SMILES string of the molecule is COC(=O)C(C(=O)OC)[C@@H](NC(=O)OC(C)(C)C)c1ccc(OC)cc1. The Bertz CT molecular complexity index is 618. The third-order valence-electron chi connectivity index (χ3n) is 3.39. The van der Waals surface area contributed by atoms with E-state index in [9.17, 15) is 14.4 Å². The molecule has 0 saturated carbocycles.